The number of aromatic nitrogens is 3. The van der Waals surface area contributed by atoms with E-state index in [1.807, 2.05) is 47.9 Å². The molecule has 0 bridgehead atoms. The topological polar surface area (TPSA) is 88.9 Å². The Morgan fingerprint density at radius 1 is 1.13 bits per heavy atom. The predicted molar refractivity (Wildman–Crippen MR) is 126 cm³/mol. The molecule has 0 atom stereocenters. The summed E-state index contributed by atoms with van der Waals surface area (Å²) in [7, 11) is 0. The van der Waals surface area contributed by atoms with Gasteiger partial charge >= 0.3 is 0 Å². The van der Waals surface area contributed by atoms with Crippen molar-refractivity contribution < 1.29 is 9.59 Å². The first kappa shape index (κ1) is 22.8. The Bertz CT molecular complexity index is 1060. The lowest BCUT2D eigenvalue weighted by atomic mass is 10.1. The molecular formula is C22H22BrN5O2S. The largest absolute Gasteiger partial charge is 0.345 e. The van der Waals surface area contributed by atoms with Gasteiger partial charge in [0.05, 0.1) is 12.3 Å². The average Bonchev–Trinajstić information content (AvgIpc) is 3.14. The average molecular weight is 500 g/mol. The molecule has 9 heteroatoms. The Morgan fingerprint density at radius 3 is 2.52 bits per heavy atom. The van der Waals surface area contributed by atoms with Crippen LogP contribution in [-0.4, -0.2) is 32.3 Å². The highest BCUT2D eigenvalue weighted by Crippen LogP contribution is 2.19. The molecule has 2 N–H and O–H groups in total. The highest BCUT2D eigenvalue weighted by molar-refractivity contribution is 9.10. The van der Waals surface area contributed by atoms with Crippen molar-refractivity contribution in [3.63, 3.8) is 0 Å². The van der Waals surface area contributed by atoms with Crippen LogP contribution in [0.3, 0.4) is 0 Å². The van der Waals surface area contributed by atoms with Gasteiger partial charge in [-0.25, -0.2) is 0 Å². The molecule has 3 aromatic rings. The molecule has 1 heterocycles. The lowest BCUT2D eigenvalue weighted by Gasteiger charge is -2.09. The number of thioether (sulfide) groups is 1. The van der Waals surface area contributed by atoms with E-state index in [1.165, 1.54) is 11.8 Å². The number of hydrogen-bond donors (Lipinski definition) is 2. The number of nitrogens with zero attached hydrogens (tertiary/aromatic N) is 3. The second-order valence-corrected chi connectivity index (χ2v) is 8.55. The summed E-state index contributed by atoms with van der Waals surface area (Å²) in [6.45, 7) is 6.43. The van der Waals surface area contributed by atoms with Crippen LogP contribution in [0.4, 0.5) is 5.69 Å². The number of nitrogens with one attached hydrogen (secondary N) is 2. The SMILES string of the molecule is C=CCn1c(CNC(=O)c2ccc(C)cc2)nnc1SCC(=O)Nc1ccc(Br)cc1. The van der Waals surface area contributed by atoms with Crippen LogP contribution in [0.5, 0.6) is 0 Å². The van der Waals surface area contributed by atoms with Crippen LogP contribution in [0.2, 0.25) is 0 Å². The third-order valence-corrected chi connectivity index (χ3v) is 5.78. The Labute approximate surface area is 193 Å². The molecule has 0 radical (unpaired) electrons. The molecule has 0 unspecified atom stereocenters. The third-order valence-electron chi connectivity index (χ3n) is 4.29. The molecule has 2 amide bonds. The maximum Gasteiger partial charge on any atom is 0.251 e. The van der Waals surface area contributed by atoms with Crippen molar-refractivity contribution in [3.05, 3.63) is 82.6 Å². The van der Waals surface area contributed by atoms with Gasteiger partial charge in [-0.05, 0) is 43.3 Å². The molecule has 3 rings (SSSR count). The molecule has 1 aromatic heterocycles. The Kier molecular flexibility index (Phi) is 8.02. The van der Waals surface area contributed by atoms with Crippen LogP contribution < -0.4 is 10.6 Å². The Balaban J connectivity index is 1.59. The second kappa shape index (κ2) is 10.9. The maximum absolute atomic E-state index is 12.4. The fourth-order valence-electron chi connectivity index (χ4n) is 2.70. The van der Waals surface area contributed by atoms with E-state index < -0.39 is 0 Å². The van der Waals surface area contributed by atoms with Gasteiger partial charge in [0, 0.05) is 22.3 Å². The fourth-order valence-corrected chi connectivity index (χ4v) is 3.73. The van der Waals surface area contributed by atoms with Gasteiger partial charge in [-0.2, -0.15) is 0 Å². The third kappa shape index (κ3) is 6.53. The predicted octanol–water partition coefficient (Wildman–Crippen LogP) is 4.20. The van der Waals surface area contributed by atoms with Crippen LogP contribution >= 0.6 is 27.7 Å². The summed E-state index contributed by atoms with van der Waals surface area (Å²) in [5.74, 6) is 0.447. The lowest BCUT2D eigenvalue weighted by Crippen LogP contribution is -2.24. The van der Waals surface area contributed by atoms with E-state index in [4.69, 9.17) is 0 Å². The van der Waals surface area contributed by atoms with Crippen LogP contribution in [0.1, 0.15) is 21.7 Å². The number of aryl methyl sites for hydroxylation is 1. The standard InChI is InChI=1S/C22H22BrN5O2S/c1-3-12-28-19(13-24-21(30)16-6-4-15(2)5-7-16)26-27-22(28)31-14-20(29)25-18-10-8-17(23)9-11-18/h3-11H,1,12-14H2,2H3,(H,24,30)(H,25,29). The van der Waals surface area contributed by atoms with Gasteiger partial charge < -0.3 is 15.2 Å². The van der Waals surface area contributed by atoms with Crippen molar-refractivity contribution >= 4 is 45.2 Å². The number of amides is 2. The van der Waals surface area contributed by atoms with E-state index in [1.54, 1.807) is 18.2 Å². The smallest absolute Gasteiger partial charge is 0.251 e. The van der Waals surface area contributed by atoms with E-state index in [-0.39, 0.29) is 24.1 Å². The zero-order valence-electron chi connectivity index (χ0n) is 17.0. The number of benzene rings is 2. The first-order chi connectivity index (χ1) is 15.0. The van der Waals surface area contributed by atoms with Gasteiger partial charge in [-0.1, -0.05) is 51.5 Å². The summed E-state index contributed by atoms with van der Waals surface area (Å²) >= 11 is 4.64. The molecule has 7 nitrogen and oxygen atoms in total. The molecule has 0 aliphatic carbocycles. The van der Waals surface area contributed by atoms with Gasteiger partial charge in [-0.3, -0.25) is 9.59 Å². The minimum absolute atomic E-state index is 0.144. The quantitative estimate of drug-likeness (QED) is 0.340. The van der Waals surface area contributed by atoms with Crippen LogP contribution in [-0.2, 0) is 17.9 Å². The van der Waals surface area contributed by atoms with E-state index >= 15 is 0 Å². The Morgan fingerprint density at radius 2 is 1.84 bits per heavy atom. The van der Waals surface area contributed by atoms with Crippen molar-refractivity contribution in [1.29, 1.82) is 0 Å². The minimum Gasteiger partial charge on any atom is -0.345 e. The summed E-state index contributed by atoms with van der Waals surface area (Å²) in [5, 5.41) is 14.7. The van der Waals surface area contributed by atoms with E-state index in [0.29, 0.717) is 23.1 Å². The van der Waals surface area contributed by atoms with E-state index in [2.05, 4.69) is 43.3 Å². The highest BCUT2D eigenvalue weighted by Gasteiger charge is 2.15. The minimum atomic E-state index is -0.184. The molecule has 2 aromatic carbocycles. The number of halogens is 1. The lowest BCUT2D eigenvalue weighted by molar-refractivity contribution is -0.113. The summed E-state index contributed by atoms with van der Waals surface area (Å²) < 4.78 is 2.78. The molecule has 0 saturated carbocycles. The maximum atomic E-state index is 12.4. The van der Waals surface area contributed by atoms with Crippen molar-refractivity contribution in [3.8, 4) is 0 Å². The summed E-state index contributed by atoms with van der Waals surface area (Å²) in [4.78, 5) is 24.6. The molecule has 0 aliphatic heterocycles. The van der Waals surface area contributed by atoms with Gasteiger partial charge in [0.15, 0.2) is 11.0 Å². The highest BCUT2D eigenvalue weighted by atomic mass is 79.9. The molecule has 0 aliphatic rings. The van der Waals surface area contributed by atoms with Gasteiger partial charge in [0.2, 0.25) is 5.91 Å². The monoisotopic (exact) mass is 499 g/mol. The van der Waals surface area contributed by atoms with Crippen molar-refractivity contribution in [2.24, 2.45) is 0 Å². The normalized spacial score (nSPS) is 10.5. The molecule has 160 valence electrons. The molecular weight excluding hydrogens is 478 g/mol. The molecule has 31 heavy (non-hydrogen) atoms. The van der Waals surface area contributed by atoms with Crippen molar-refractivity contribution in [2.45, 2.75) is 25.2 Å². The summed E-state index contributed by atoms with van der Waals surface area (Å²) in [6.07, 6.45) is 1.72. The summed E-state index contributed by atoms with van der Waals surface area (Å²) in [6, 6.07) is 14.7. The Hall–Kier alpha value is -2.91. The number of allylic oxidation sites excluding steroid dienone is 1. The van der Waals surface area contributed by atoms with Crippen molar-refractivity contribution in [2.75, 3.05) is 11.1 Å². The van der Waals surface area contributed by atoms with E-state index in [0.717, 1.165) is 15.7 Å². The van der Waals surface area contributed by atoms with Gasteiger partial charge in [0.25, 0.3) is 5.91 Å². The van der Waals surface area contributed by atoms with E-state index in [9.17, 15) is 9.59 Å². The van der Waals surface area contributed by atoms with Crippen molar-refractivity contribution in [1.82, 2.24) is 20.1 Å². The zero-order chi connectivity index (χ0) is 22.2. The molecule has 0 spiro atoms. The number of anilines is 1. The van der Waals surface area contributed by atoms with Gasteiger partial charge in [-0.15, -0.1) is 16.8 Å². The van der Waals surface area contributed by atoms with Gasteiger partial charge in [0.1, 0.15) is 0 Å². The molecule has 0 saturated heterocycles. The van der Waals surface area contributed by atoms with Crippen LogP contribution in [0.15, 0.2) is 70.8 Å². The number of rotatable bonds is 9. The number of hydrogen-bond acceptors (Lipinski definition) is 5. The zero-order valence-corrected chi connectivity index (χ0v) is 19.4. The number of carbonyl (C=O) groups excluding carboxylic acids is 2. The van der Waals surface area contributed by atoms with Crippen LogP contribution in [0.25, 0.3) is 0 Å². The number of carbonyl (C=O) groups is 2. The van der Waals surface area contributed by atoms with Crippen LogP contribution in [0, 0.1) is 6.92 Å². The first-order valence-corrected chi connectivity index (χ1v) is 11.3. The second-order valence-electron chi connectivity index (χ2n) is 6.69. The summed E-state index contributed by atoms with van der Waals surface area (Å²) in [5.41, 5.74) is 2.40. The molecule has 0 fully saturated rings. The fraction of sp³-hybridized carbons (Fsp3) is 0.182. The first-order valence-electron chi connectivity index (χ1n) is 9.52.